The number of methoxy groups -OCH3 is 1. The molecule has 0 saturated heterocycles. The Kier molecular flexibility index (Phi) is 6.68. The summed E-state index contributed by atoms with van der Waals surface area (Å²) in [7, 11) is -2.45. The molecule has 1 heterocycles. The van der Waals surface area contributed by atoms with Crippen molar-refractivity contribution in [3.63, 3.8) is 0 Å². The topological polar surface area (TPSA) is 97.4 Å². The Hall–Kier alpha value is -3.39. The van der Waals surface area contributed by atoms with E-state index in [1.54, 1.807) is 31.5 Å². The maximum absolute atomic E-state index is 12.8. The first-order valence-corrected chi connectivity index (χ1v) is 10.9. The van der Waals surface area contributed by atoms with E-state index >= 15 is 0 Å². The smallest absolute Gasteiger partial charge is 0.261 e. The van der Waals surface area contributed by atoms with E-state index in [0.717, 1.165) is 17.5 Å². The molecule has 0 spiro atoms. The number of nitrogens with one attached hydrogen (secondary N) is 2. The van der Waals surface area contributed by atoms with E-state index in [-0.39, 0.29) is 10.5 Å². The second-order valence-electron chi connectivity index (χ2n) is 6.56. The number of carbonyl (C=O) groups is 1. The largest absolute Gasteiger partial charge is 0.496 e. The van der Waals surface area contributed by atoms with E-state index in [1.165, 1.54) is 25.3 Å². The number of rotatable bonds is 8. The minimum Gasteiger partial charge on any atom is -0.496 e. The van der Waals surface area contributed by atoms with Crippen molar-refractivity contribution in [1.29, 1.82) is 0 Å². The van der Waals surface area contributed by atoms with E-state index in [1.807, 2.05) is 24.3 Å². The van der Waals surface area contributed by atoms with E-state index in [2.05, 4.69) is 15.0 Å². The van der Waals surface area contributed by atoms with Crippen molar-refractivity contribution in [2.45, 2.75) is 18.2 Å². The lowest BCUT2D eigenvalue weighted by molar-refractivity contribution is 0.0952. The Bertz CT molecular complexity index is 1110. The average molecular weight is 426 g/mol. The summed E-state index contributed by atoms with van der Waals surface area (Å²) in [5.41, 5.74) is 2.76. The standard InChI is InChI=1S/C22H23N3O4S/c1-3-24-22(26)20-15-19(8-9-21(20)29-2)30(27,28)25-18-6-4-16(5-7-18)14-17-10-12-23-13-11-17/h4-13,15,25H,3,14H2,1-2H3,(H,24,26). The Morgan fingerprint density at radius 3 is 2.30 bits per heavy atom. The van der Waals surface area contributed by atoms with E-state index in [4.69, 9.17) is 4.74 Å². The monoisotopic (exact) mass is 425 g/mol. The van der Waals surface area contributed by atoms with Gasteiger partial charge in [-0.1, -0.05) is 12.1 Å². The van der Waals surface area contributed by atoms with Gasteiger partial charge in [0.05, 0.1) is 17.6 Å². The van der Waals surface area contributed by atoms with Crippen LogP contribution in [0.1, 0.15) is 28.4 Å². The molecule has 1 amide bonds. The molecule has 2 N–H and O–H groups in total. The molecule has 0 radical (unpaired) electrons. The van der Waals surface area contributed by atoms with Crippen molar-refractivity contribution in [3.8, 4) is 5.75 Å². The van der Waals surface area contributed by atoms with Gasteiger partial charge < -0.3 is 10.1 Å². The number of benzene rings is 2. The normalized spacial score (nSPS) is 11.0. The number of hydrogen-bond acceptors (Lipinski definition) is 5. The van der Waals surface area contributed by atoms with Crippen LogP contribution >= 0.6 is 0 Å². The van der Waals surface area contributed by atoms with Gasteiger partial charge in [0, 0.05) is 24.6 Å². The van der Waals surface area contributed by atoms with Crippen LogP contribution in [0.3, 0.4) is 0 Å². The first kappa shape index (κ1) is 21.3. The fourth-order valence-corrected chi connectivity index (χ4v) is 4.01. The van der Waals surface area contributed by atoms with Gasteiger partial charge in [-0.05, 0) is 66.9 Å². The summed E-state index contributed by atoms with van der Waals surface area (Å²) < 4.78 is 33.4. The van der Waals surface area contributed by atoms with Crippen LogP contribution in [0.5, 0.6) is 5.75 Å². The molecule has 156 valence electrons. The number of aromatic nitrogens is 1. The molecular weight excluding hydrogens is 402 g/mol. The zero-order valence-corrected chi connectivity index (χ0v) is 17.6. The van der Waals surface area contributed by atoms with Crippen molar-refractivity contribution in [1.82, 2.24) is 10.3 Å². The number of amides is 1. The number of carbonyl (C=O) groups excluding carboxylic acids is 1. The van der Waals surface area contributed by atoms with Crippen molar-refractivity contribution >= 4 is 21.6 Å². The van der Waals surface area contributed by atoms with Gasteiger partial charge in [-0.15, -0.1) is 0 Å². The second-order valence-corrected chi connectivity index (χ2v) is 8.24. The fraction of sp³-hybridized carbons (Fsp3) is 0.182. The molecule has 0 aliphatic rings. The van der Waals surface area contributed by atoms with Gasteiger partial charge in [0.2, 0.25) is 0 Å². The molecule has 8 heteroatoms. The highest BCUT2D eigenvalue weighted by Gasteiger charge is 2.20. The lowest BCUT2D eigenvalue weighted by atomic mass is 10.1. The molecule has 0 bridgehead atoms. The van der Waals surface area contributed by atoms with Crippen molar-refractivity contribution in [2.24, 2.45) is 0 Å². The minimum absolute atomic E-state index is 0.0228. The molecule has 2 aromatic carbocycles. The highest BCUT2D eigenvalue weighted by Crippen LogP contribution is 2.24. The lowest BCUT2D eigenvalue weighted by Crippen LogP contribution is -2.24. The summed E-state index contributed by atoms with van der Waals surface area (Å²) in [4.78, 5) is 16.2. The SMILES string of the molecule is CCNC(=O)c1cc(S(=O)(=O)Nc2ccc(Cc3ccncc3)cc2)ccc1OC. The quantitative estimate of drug-likeness (QED) is 0.578. The van der Waals surface area contributed by atoms with Crippen LogP contribution in [0, 0.1) is 0 Å². The fourth-order valence-electron chi connectivity index (χ4n) is 2.93. The van der Waals surface area contributed by atoms with Crippen LogP contribution in [0.15, 0.2) is 71.9 Å². The number of hydrogen-bond donors (Lipinski definition) is 2. The number of sulfonamides is 1. The molecule has 0 atom stereocenters. The molecule has 3 rings (SSSR count). The number of anilines is 1. The first-order valence-electron chi connectivity index (χ1n) is 9.40. The van der Waals surface area contributed by atoms with E-state index in [0.29, 0.717) is 18.0 Å². The Labute approximate surface area is 176 Å². The highest BCUT2D eigenvalue weighted by molar-refractivity contribution is 7.92. The molecule has 0 aliphatic heterocycles. The van der Waals surface area contributed by atoms with Gasteiger partial charge in [-0.25, -0.2) is 8.42 Å². The molecule has 0 saturated carbocycles. The molecule has 0 fully saturated rings. The average Bonchev–Trinajstić information content (AvgIpc) is 2.75. The van der Waals surface area contributed by atoms with Gasteiger partial charge in [-0.3, -0.25) is 14.5 Å². The maximum atomic E-state index is 12.8. The second kappa shape index (κ2) is 9.41. The molecule has 1 aromatic heterocycles. The number of ether oxygens (including phenoxy) is 1. The molecule has 3 aromatic rings. The Morgan fingerprint density at radius 2 is 1.67 bits per heavy atom. The van der Waals surface area contributed by atoms with E-state index in [9.17, 15) is 13.2 Å². The van der Waals surface area contributed by atoms with Gasteiger partial charge in [0.1, 0.15) is 5.75 Å². The van der Waals surface area contributed by atoms with E-state index < -0.39 is 15.9 Å². The minimum atomic E-state index is -3.87. The van der Waals surface area contributed by atoms with Crippen LogP contribution in [-0.4, -0.2) is 33.0 Å². The third kappa shape index (κ3) is 5.15. The predicted molar refractivity (Wildman–Crippen MR) is 115 cm³/mol. The van der Waals surface area contributed by atoms with Gasteiger partial charge >= 0.3 is 0 Å². The molecule has 7 nitrogen and oxygen atoms in total. The summed E-state index contributed by atoms with van der Waals surface area (Å²) in [5, 5.41) is 2.65. The van der Waals surface area contributed by atoms with Crippen LogP contribution in [0.25, 0.3) is 0 Å². The van der Waals surface area contributed by atoms with Gasteiger partial charge in [0.15, 0.2) is 0 Å². The van der Waals surface area contributed by atoms with Crippen LogP contribution in [0.2, 0.25) is 0 Å². The molecule has 30 heavy (non-hydrogen) atoms. The third-order valence-corrected chi connectivity index (χ3v) is 5.81. The van der Waals surface area contributed by atoms with Gasteiger partial charge in [0.25, 0.3) is 15.9 Å². The van der Waals surface area contributed by atoms with Crippen molar-refractivity contribution < 1.29 is 17.9 Å². The lowest BCUT2D eigenvalue weighted by Gasteiger charge is -2.12. The number of pyridine rings is 1. The van der Waals surface area contributed by atoms with Crippen LogP contribution < -0.4 is 14.8 Å². The molecule has 0 aliphatic carbocycles. The molecular formula is C22H23N3O4S. The Morgan fingerprint density at radius 1 is 1.00 bits per heavy atom. The Balaban J connectivity index is 1.79. The first-order chi connectivity index (χ1) is 14.4. The molecule has 0 unspecified atom stereocenters. The summed E-state index contributed by atoms with van der Waals surface area (Å²) in [6.07, 6.45) is 4.20. The summed E-state index contributed by atoms with van der Waals surface area (Å²) in [6.45, 7) is 2.20. The third-order valence-electron chi connectivity index (χ3n) is 4.43. The van der Waals surface area contributed by atoms with Crippen molar-refractivity contribution in [3.05, 3.63) is 83.7 Å². The highest BCUT2D eigenvalue weighted by atomic mass is 32.2. The zero-order chi connectivity index (χ0) is 21.6. The maximum Gasteiger partial charge on any atom is 0.261 e. The summed E-state index contributed by atoms with van der Waals surface area (Å²) >= 11 is 0. The van der Waals surface area contributed by atoms with Crippen LogP contribution in [0.4, 0.5) is 5.69 Å². The predicted octanol–water partition coefficient (Wildman–Crippen LogP) is 3.23. The zero-order valence-electron chi connectivity index (χ0n) is 16.8. The van der Waals surface area contributed by atoms with Gasteiger partial charge in [-0.2, -0.15) is 0 Å². The number of nitrogens with zero attached hydrogens (tertiary/aromatic N) is 1. The summed E-state index contributed by atoms with van der Waals surface area (Å²) in [5.74, 6) is -0.0905. The summed E-state index contributed by atoms with van der Waals surface area (Å²) in [6, 6.07) is 15.2. The van der Waals surface area contributed by atoms with Crippen LogP contribution in [-0.2, 0) is 16.4 Å². The van der Waals surface area contributed by atoms with Crippen molar-refractivity contribution in [2.75, 3.05) is 18.4 Å².